The van der Waals surface area contributed by atoms with Crippen LogP contribution in [-0.4, -0.2) is 59.9 Å². The molecule has 4 rings (SSSR count). The summed E-state index contributed by atoms with van der Waals surface area (Å²) in [6.45, 7) is 1.16. The number of fused-ring (bicyclic) bond motifs is 1. The Balaban J connectivity index is 1.60. The summed E-state index contributed by atoms with van der Waals surface area (Å²) in [5.74, 6) is 0.0340. The van der Waals surface area contributed by atoms with E-state index in [4.69, 9.17) is 4.74 Å². The number of hydrogen-bond donors (Lipinski definition) is 0. The van der Waals surface area contributed by atoms with E-state index in [0.717, 1.165) is 12.0 Å². The van der Waals surface area contributed by atoms with Crippen molar-refractivity contribution in [2.45, 2.75) is 36.8 Å². The van der Waals surface area contributed by atoms with E-state index in [1.807, 2.05) is 35.2 Å². The molecule has 0 aromatic heterocycles. The number of carbonyl (C=O) groups is 1. The van der Waals surface area contributed by atoms with E-state index in [2.05, 4.69) is 4.99 Å². The van der Waals surface area contributed by atoms with Crippen molar-refractivity contribution in [3.63, 3.8) is 0 Å². The predicted molar refractivity (Wildman–Crippen MR) is 97.2 cm³/mol. The third kappa shape index (κ3) is 3.61. The average Bonchev–Trinajstić information content (AvgIpc) is 3.26. The number of benzene rings is 1. The van der Waals surface area contributed by atoms with E-state index in [-0.39, 0.29) is 28.7 Å². The number of nitrogens with zero attached hydrogens (tertiary/aromatic N) is 2. The molecule has 0 aliphatic carbocycles. The number of carbonyl (C=O) groups excluding carboxylic acids is 1. The summed E-state index contributed by atoms with van der Waals surface area (Å²) in [4.78, 5) is 18.7. The maximum atomic E-state index is 12.4. The fourth-order valence-corrected chi connectivity index (χ4v) is 7.50. The van der Waals surface area contributed by atoms with Crippen LogP contribution in [0.15, 0.2) is 35.3 Å². The number of rotatable bonds is 3. The monoisotopic (exact) mass is 380 g/mol. The van der Waals surface area contributed by atoms with Crippen molar-refractivity contribution in [1.29, 1.82) is 0 Å². The third-order valence-electron chi connectivity index (χ3n) is 4.78. The fraction of sp³-hybridized carbons (Fsp3) is 0.529. The molecule has 1 aromatic carbocycles. The van der Waals surface area contributed by atoms with Gasteiger partial charge in [-0.1, -0.05) is 42.1 Å². The van der Waals surface area contributed by atoms with Crippen LogP contribution >= 0.6 is 11.8 Å². The number of sulfone groups is 1. The van der Waals surface area contributed by atoms with Crippen LogP contribution in [0.25, 0.3) is 0 Å². The van der Waals surface area contributed by atoms with Crippen LogP contribution in [0.3, 0.4) is 0 Å². The Morgan fingerprint density at radius 3 is 2.80 bits per heavy atom. The number of ether oxygens (including phenoxy) is 1. The van der Waals surface area contributed by atoms with Crippen molar-refractivity contribution in [3.05, 3.63) is 35.9 Å². The quantitative estimate of drug-likeness (QED) is 0.790. The highest BCUT2D eigenvalue weighted by Gasteiger charge is 2.48. The minimum Gasteiger partial charge on any atom is -0.368 e. The second-order valence-corrected chi connectivity index (χ2v) is 10.0. The second kappa shape index (κ2) is 6.74. The van der Waals surface area contributed by atoms with Crippen molar-refractivity contribution < 1.29 is 17.9 Å². The van der Waals surface area contributed by atoms with Crippen molar-refractivity contribution in [1.82, 2.24) is 4.90 Å². The molecule has 1 aromatic rings. The lowest BCUT2D eigenvalue weighted by molar-refractivity contribution is -0.126. The standard InChI is InChI=1S/C17H20N2O4S2/c20-16(14-7-4-8-23-14)18-17-19(9-12-5-2-1-3-6-12)13-10-25(21,22)11-15(13)24-17/h1-3,5-6,13-15H,4,7-11H2/t13-,14+,15-/m0/s1. The minimum absolute atomic E-state index is 0.0511. The first kappa shape index (κ1) is 17.1. The highest BCUT2D eigenvalue weighted by molar-refractivity contribution is 8.15. The van der Waals surface area contributed by atoms with Gasteiger partial charge in [0, 0.05) is 18.4 Å². The third-order valence-corrected chi connectivity index (χ3v) is 8.03. The fourth-order valence-electron chi connectivity index (χ4n) is 3.54. The number of amidine groups is 1. The predicted octanol–water partition coefficient (Wildman–Crippen LogP) is 1.46. The van der Waals surface area contributed by atoms with Crippen LogP contribution in [0.5, 0.6) is 0 Å². The zero-order valence-corrected chi connectivity index (χ0v) is 15.3. The molecule has 0 unspecified atom stereocenters. The van der Waals surface area contributed by atoms with E-state index in [9.17, 15) is 13.2 Å². The van der Waals surface area contributed by atoms with Gasteiger partial charge in [0.15, 0.2) is 15.0 Å². The van der Waals surface area contributed by atoms with Gasteiger partial charge in [-0.2, -0.15) is 4.99 Å². The number of aliphatic imine (C=N–C) groups is 1. The first-order chi connectivity index (χ1) is 12.0. The van der Waals surface area contributed by atoms with Crippen molar-refractivity contribution in [2.24, 2.45) is 4.99 Å². The molecule has 6 nitrogen and oxygen atoms in total. The molecule has 0 bridgehead atoms. The summed E-state index contributed by atoms with van der Waals surface area (Å²) in [6, 6.07) is 9.74. The number of thioether (sulfide) groups is 1. The molecule has 3 aliphatic rings. The summed E-state index contributed by atoms with van der Waals surface area (Å²) >= 11 is 1.42. The molecule has 3 aliphatic heterocycles. The van der Waals surface area contributed by atoms with Gasteiger partial charge in [0.2, 0.25) is 0 Å². The largest absolute Gasteiger partial charge is 0.368 e. The van der Waals surface area contributed by atoms with Crippen molar-refractivity contribution in [3.8, 4) is 0 Å². The van der Waals surface area contributed by atoms with Gasteiger partial charge in [-0.05, 0) is 18.4 Å². The SMILES string of the molecule is O=C(N=C1S[C@H]2CS(=O)(=O)C[C@@H]2N1Cc1ccccc1)[C@H]1CCCO1. The van der Waals surface area contributed by atoms with E-state index >= 15 is 0 Å². The highest BCUT2D eigenvalue weighted by Crippen LogP contribution is 2.39. The smallest absolute Gasteiger partial charge is 0.277 e. The lowest BCUT2D eigenvalue weighted by Crippen LogP contribution is -2.37. The van der Waals surface area contributed by atoms with Gasteiger partial charge in [-0.15, -0.1) is 0 Å². The Labute approximate surface area is 151 Å². The Morgan fingerprint density at radius 2 is 2.08 bits per heavy atom. The molecule has 3 atom stereocenters. The molecular weight excluding hydrogens is 360 g/mol. The van der Waals surface area contributed by atoms with Gasteiger partial charge < -0.3 is 9.64 Å². The summed E-state index contributed by atoms with van der Waals surface area (Å²) in [6.07, 6.45) is 1.14. The number of amides is 1. The molecule has 3 fully saturated rings. The first-order valence-corrected chi connectivity index (χ1v) is 11.1. The average molecular weight is 380 g/mol. The summed E-state index contributed by atoms with van der Waals surface area (Å²) in [7, 11) is -3.03. The lowest BCUT2D eigenvalue weighted by Gasteiger charge is -2.24. The maximum absolute atomic E-state index is 12.4. The molecule has 0 N–H and O–H groups in total. The van der Waals surface area contributed by atoms with Gasteiger partial charge in [0.25, 0.3) is 5.91 Å². The molecule has 25 heavy (non-hydrogen) atoms. The van der Waals surface area contributed by atoms with Gasteiger partial charge in [0.05, 0.1) is 17.5 Å². The van der Waals surface area contributed by atoms with Gasteiger partial charge >= 0.3 is 0 Å². The van der Waals surface area contributed by atoms with Crippen LogP contribution in [-0.2, 0) is 25.9 Å². The van der Waals surface area contributed by atoms with Crippen LogP contribution in [0.4, 0.5) is 0 Å². The normalized spacial score (nSPS) is 32.2. The Hall–Kier alpha value is -1.38. The van der Waals surface area contributed by atoms with E-state index in [0.29, 0.717) is 24.7 Å². The second-order valence-electron chi connectivity index (χ2n) is 6.65. The number of hydrogen-bond acceptors (Lipinski definition) is 5. The zero-order chi connectivity index (χ0) is 17.4. The van der Waals surface area contributed by atoms with Crippen LogP contribution < -0.4 is 0 Å². The van der Waals surface area contributed by atoms with Crippen LogP contribution in [0.1, 0.15) is 18.4 Å². The molecular formula is C17H20N2O4S2. The molecule has 3 heterocycles. The molecule has 1 amide bonds. The van der Waals surface area contributed by atoms with E-state index in [1.54, 1.807) is 0 Å². The van der Waals surface area contributed by atoms with Gasteiger partial charge in [0.1, 0.15) is 6.10 Å². The van der Waals surface area contributed by atoms with Crippen LogP contribution in [0.2, 0.25) is 0 Å². The zero-order valence-electron chi connectivity index (χ0n) is 13.7. The Bertz CT molecular complexity index is 788. The summed E-state index contributed by atoms with van der Waals surface area (Å²) in [5, 5.41) is 0.582. The van der Waals surface area contributed by atoms with Gasteiger partial charge in [-0.3, -0.25) is 4.79 Å². The van der Waals surface area contributed by atoms with Gasteiger partial charge in [-0.25, -0.2) is 8.42 Å². The Kier molecular flexibility index (Phi) is 4.59. The lowest BCUT2D eigenvalue weighted by atomic mass is 10.1. The van der Waals surface area contributed by atoms with E-state index in [1.165, 1.54) is 11.8 Å². The Morgan fingerprint density at radius 1 is 1.28 bits per heavy atom. The summed E-state index contributed by atoms with van der Waals surface area (Å²) < 4.78 is 29.5. The van der Waals surface area contributed by atoms with Crippen molar-refractivity contribution >= 4 is 32.7 Å². The van der Waals surface area contributed by atoms with Crippen molar-refractivity contribution in [2.75, 3.05) is 18.1 Å². The maximum Gasteiger partial charge on any atom is 0.277 e. The minimum atomic E-state index is -3.03. The molecule has 0 saturated carbocycles. The molecule has 134 valence electrons. The molecule has 8 heteroatoms. The first-order valence-electron chi connectivity index (χ1n) is 8.44. The van der Waals surface area contributed by atoms with E-state index < -0.39 is 15.9 Å². The highest BCUT2D eigenvalue weighted by atomic mass is 32.2. The summed E-state index contributed by atoms with van der Waals surface area (Å²) in [5.41, 5.74) is 1.07. The topological polar surface area (TPSA) is 76.0 Å². The molecule has 0 radical (unpaired) electrons. The van der Waals surface area contributed by atoms with Crippen LogP contribution in [0, 0.1) is 0 Å². The molecule has 3 saturated heterocycles. The molecule has 0 spiro atoms.